The molecule has 7 heteroatoms. The first-order valence-corrected chi connectivity index (χ1v) is 7.20. The summed E-state index contributed by atoms with van der Waals surface area (Å²) in [6.45, 7) is 0.715. The van der Waals surface area contributed by atoms with E-state index < -0.39 is 19.0 Å². The monoisotopic (exact) mass is 293 g/mol. The fourth-order valence-electron chi connectivity index (χ4n) is 2.08. The molecule has 0 spiro atoms. The van der Waals surface area contributed by atoms with Gasteiger partial charge in [-0.15, -0.1) is 0 Å². The molecule has 116 valence electrons. The fraction of sp³-hybridized carbons (Fsp3) is 0.500. The molecule has 1 amide bonds. The van der Waals surface area contributed by atoms with Gasteiger partial charge in [-0.3, -0.25) is 4.79 Å². The maximum atomic E-state index is 11.9. The second-order valence-corrected chi connectivity index (χ2v) is 5.07. The van der Waals surface area contributed by atoms with Gasteiger partial charge in [0.05, 0.1) is 6.04 Å². The highest BCUT2D eigenvalue weighted by molar-refractivity contribution is 6.43. The van der Waals surface area contributed by atoms with E-state index in [-0.39, 0.29) is 12.5 Å². The molecule has 0 aliphatic carbocycles. The summed E-state index contributed by atoms with van der Waals surface area (Å²) in [4.78, 5) is 11.9. The zero-order chi connectivity index (χ0) is 15.7. The molecule has 0 saturated carbocycles. The molecule has 0 aliphatic heterocycles. The van der Waals surface area contributed by atoms with E-state index in [2.05, 4.69) is 5.32 Å². The van der Waals surface area contributed by atoms with Crippen molar-refractivity contribution in [2.75, 3.05) is 13.1 Å². The lowest BCUT2D eigenvalue weighted by Crippen LogP contribution is -2.44. The van der Waals surface area contributed by atoms with Gasteiger partial charge in [-0.2, -0.15) is 0 Å². The second kappa shape index (κ2) is 9.52. The van der Waals surface area contributed by atoms with E-state index in [9.17, 15) is 14.8 Å². The molecule has 1 aromatic rings. The number of carbonyl (C=O) groups excluding carboxylic acids is 1. The first-order valence-electron chi connectivity index (χ1n) is 7.20. The van der Waals surface area contributed by atoms with Gasteiger partial charge in [-0.05, 0) is 24.9 Å². The molecule has 2 atom stereocenters. The van der Waals surface area contributed by atoms with E-state index in [1.807, 2.05) is 18.2 Å². The van der Waals surface area contributed by atoms with E-state index >= 15 is 0 Å². The third kappa shape index (κ3) is 6.26. The highest BCUT2D eigenvalue weighted by atomic mass is 16.4. The van der Waals surface area contributed by atoms with Crippen molar-refractivity contribution >= 4 is 13.0 Å². The highest BCUT2D eigenvalue weighted by Crippen LogP contribution is 2.15. The lowest BCUT2D eigenvalue weighted by molar-refractivity contribution is -0.122. The molecule has 0 aromatic heterocycles. The number of rotatable bonds is 9. The standard InChI is InChI=1S/C14H24BN3O3/c16-9-5-4-8-13(17)14(19)18-10-12(15(20)21)11-6-2-1-3-7-11/h1-3,6-7,12-13,20-21H,4-5,8-10,16-17H2,(H,18,19)/t12?,13-/m0/s1. The largest absolute Gasteiger partial charge is 0.461 e. The maximum Gasteiger partial charge on any atom is 0.461 e. The molecule has 0 radical (unpaired) electrons. The average molecular weight is 293 g/mol. The highest BCUT2D eigenvalue weighted by Gasteiger charge is 2.26. The predicted molar refractivity (Wildman–Crippen MR) is 83.3 cm³/mol. The Morgan fingerprint density at radius 3 is 2.48 bits per heavy atom. The van der Waals surface area contributed by atoms with Crippen LogP contribution in [0.2, 0.25) is 0 Å². The van der Waals surface area contributed by atoms with E-state index in [1.165, 1.54) is 0 Å². The van der Waals surface area contributed by atoms with Crippen LogP contribution in [0.3, 0.4) is 0 Å². The van der Waals surface area contributed by atoms with E-state index in [0.717, 1.165) is 18.4 Å². The molecule has 6 nitrogen and oxygen atoms in total. The van der Waals surface area contributed by atoms with Crippen molar-refractivity contribution in [2.24, 2.45) is 11.5 Å². The van der Waals surface area contributed by atoms with Crippen LogP contribution >= 0.6 is 0 Å². The van der Waals surface area contributed by atoms with Gasteiger partial charge in [-0.25, -0.2) is 0 Å². The summed E-state index contributed by atoms with van der Waals surface area (Å²) in [7, 11) is -1.54. The molecule has 7 N–H and O–H groups in total. The SMILES string of the molecule is NCCCC[C@H](N)C(=O)NCC(B(O)O)c1ccccc1. The summed E-state index contributed by atoms with van der Waals surface area (Å²) in [5.41, 5.74) is 11.9. The van der Waals surface area contributed by atoms with Gasteiger partial charge in [0.2, 0.25) is 5.91 Å². The number of hydrogen-bond acceptors (Lipinski definition) is 5. The van der Waals surface area contributed by atoms with Gasteiger partial charge < -0.3 is 26.8 Å². The van der Waals surface area contributed by atoms with Crippen molar-refractivity contribution in [3.63, 3.8) is 0 Å². The zero-order valence-electron chi connectivity index (χ0n) is 12.1. The number of nitrogens with one attached hydrogen (secondary N) is 1. The molecular formula is C14H24BN3O3. The smallest absolute Gasteiger partial charge is 0.427 e. The Hall–Kier alpha value is -1.41. The number of amides is 1. The molecule has 0 heterocycles. The number of carbonyl (C=O) groups is 1. The number of hydrogen-bond donors (Lipinski definition) is 5. The van der Waals surface area contributed by atoms with Crippen LogP contribution in [0.25, 0.3) is 0 Å². The predicted octanol–water partition coefficient (Wildman–Crippen LogP) is -0.645. The van der Waals surface area contributed by atoms with Crippen molar-refractivity contribution in [2.45, 2.75) is 31.1 Å². The Kier molecular flexibility index (Phi) is 8.00. The van der Waals surface area contributed by atoms with Gasteiger partial charge >= 0.3 is 7.12 Å². The van der Waals surface area contributed by atoms with Crippen molar-refractivity contribution in [1.82, 2.24) is 5.32 Å². The van der Waals surface area contributed by atoms with Gasteiger partial charge in [0.1, 0.15) is 0 Å². The van der Waals surface area contributed by atoms with Crippen molar-refractivity contribution < 1.29 is 14.8 Å². The van der Waals surface area contributed by atoms with Crippen molar-refractivity contribution in [3.8, 4) is 0 Å². The number of unbranched alkanes of at least 4 members (excludes halogenated alkanes) is 1. The van der Waals surface area contributed by atoms with Gasteiger partial charge in [0.15, 0.2) is 0 Å². The minimum absolute atomic E-state index is 0.130. The number of benzene rings is 1. The number of nitrogens with two attached hydrogens (primary N) is 2. The van der Waals surface area contributed by atoms with Gasteiger partial charge in [-0.1, -0.05) is 36.8 Å². The van der Waals surface area contributed by atoms with Crippen LogP contribution in [0.15, 0.2) is 30.3 Å². The van der Waals surface area contributed by atoms with Crippen molar-refractivity contribution in [1.29, 1.82) is 0 Å². The van der Waals surface area contributed by atoms with Crippen LogP contribution < -0.4 is 16.8 Å². The molecule has 1 unspecified atom stereocenters. The summed E-state index contributed by atoms with van der Waals surface area (Å²) in [6.07, 6.45) is 2.21. The van der Waals surface area contributed by atoms with Crippen LogP contribution in [0.1, 0.15) is 30.6 Å². The average Bonchev–Trinajstić information content (AvgIpc) is 2.48. The first kappa shape index (κ1) is 17.6. The quantitative estimate of drug-likeness (QED) is 0.306. The van der Waals surface area contributed by atoms with E-state index in [0.29, 0.717) is 13.0 Å². The molecule has 21 heavy (non-hydrogen) atoms. The molecule has 1 rings (SSSR count). The molecule has 0 saturated heterocycles. The third-order valence-corrected chi connectivity index (χ3v) is 3.39. The Morgan fingerprint density at radius 1 is 1.24 bits per heavy atom. The summed E-state index contributed by atoms with van der Waals surface area (Å²) in [6, 6.07) is 8.45. The molecular weight excluding hydrogens is 269 g/mol. The first-order chi connectivity index (χ1) is 10.1. The maximum absolute atomic E-state index is 11.9. The minimum Gasteiger partial charge on any atom is -0.427 e. The van der Waals surface area contributed by atoms with Gasteiger partial charge in [0, 0.05) is 12.4 Å². The third-order valence-electron chi connectivity index (χ3n) is 3.39. The Labute approximate surface area is 125 Å². The molecule has 0 fully saturated rings. The fourth-order valence-corrected chi connectivity index (χ4v) is 2.08. The Morgan fingerprint density at radius 2 is 1.90 bits per heavy atom. The van der Waals surface area contributed by atoms with Crippen LogP contribution in [0, 0.1) is 0 Å². The second-order valence-electron chi connectivity index (χ2n) is 5.07. The molecule has 1 aromatic carbocycles. The van der Waals surface area contributed by atoms with Crippen LogP contribution in [-0.4, -0.2) is 42.2 Å². The Bertz CT molecular complexity index is 417. The van der Waals surface area contributed by atoms with Crippen LogP contribution in [-0.2, 0) is 4.79 Å². The summed E-state index contributed by atoms with van der Waals surface area (Å²) in [5, 5.41) is 21.6. The minimum atomic E-state index is -1.54. The zero-order valence-corrected chi connectivity index (χ0v) is 12.1. The topological polar surface area (TPSA) is 122 Å². The lowest BCUT2D eigenvalue weighted by Gasteiger charge is -2.19. The van der Waals surface area contributed by atoms with Gasteiger partial charge in [0.25, 0.3) is 0 Å². The lowest BCUT2D eigenvalue weighted by atomic mass is 9.68. The molecule has 0 bridgehead atoms. The summed E-state index contributed by atoms with van der Waals surface area (Å²) < 4.78 is 0. The molecule has 0 aliphatic rings. The normalized spacial score (nSPS) is 13.5. The van der Waals surface area contributed by atoms with Crippen molar-refractivity contribution in [3.05, 3.63) is 35.9 Å². The van der Waals surface area contributed by atoms with E-state index in [1.54, 1.807) is 12.1 Å². The summed E-state index contributed by atoms with van der Waals surface area (Å²) >= 11 is 0. The van der Waals surface area contributed by atoms with Crippen LogP contribution in [0.4, 0.5) is 0 Å². The van der Waals surface area contributed by atoms with Crippen LogP contribution in [0.5, 0.6) is 0 Å². The summed E-state index contributed by atoms with van der Waals surface area (Å²) in [5.74, 6) is -0.861. The van der Waals surface area contributed by atoms with E-state index in [4.69, 9.17) is 11.5 Å². The Balaban J connectivity index is 2.48.